The van der Waals surface area contributed by atoms with Gasteiger partial charge in [-0.15, -0.1) is 0 Å². The van der Waals surface area contributed by atoms with Crippen LogP contribution in [0.2, 0.25) is 0 Å². The molecule has 0 amide bonds. The standard InChI is InChI=1S/C18H21NO3/c1-20-14-18(22-19-16-6-4-3-5-7-16)13-10-15-8-11-17(21-2)12-9-15/h3-13,18-19H,14H2,1-2H3/b13-10+. The van der Waals surface area contributed by atoms with Gasteiger partial charge in [-0.3, -0.25) is 10.3 Å². The molecule has 4 nitrogen and oxygen atoms in total. The smallest absolute Gasteiger partial charge is 0.127 e. The quantitative estimate of drug-likeness (QED) is 0.753. The monoisotopic (exact) mass is 299 g/mol. The first kappa shape index (κ1) is 16.1. The SMILES string of the molecule is COCC(/C=C/c1ccc(OC)cc1)ONc1ccccc1. The molecule has 0 aliphatic heterocycles. The summed E-state index contributed by atoms with van der Waals surface area (Å²) in [5.41, 5.74) is 4.91. The van der Waals surface area contributed by atoms with Crippen molar-refractivity contribution in [3.05, 3.63) is 66.2 Å². The van der Waals surface area contributed by atoms with E-state index in [9.17, 15) is 0 Å². The van der Waals surface area contributed by atoms with Gasteiger partial charge in [-0.25, -0.2) is 0 Å². The number of nitrogens with one attached hydrogen (secondary N) is 1. The van der Waals surface area contributed by atoms with Gasteiger partial charge in [0.2, 0.25) is 0 Å². The van der Waals surface area contributed by atoms with Crippen LogP contribution in [0.3, 0.4) is 0 Å². The van der Waals surface area contributed by atoms with Crippen molar-refractivity contribution in [3.63, 3.8) is 0 Å². The molecule has 1 unspecified atom stereocenters. The molecule has 0 heterocycles. The minimum atomic E-state index is -0.188. The Labute approximate surface area is 131 Å². The Balaban J connectivity index is 1.93. The summed E-state index contributed by atoms with van der Waals surface area (Å²) in [6, 6.07) is 17.6. The van der Waals surface area contributed by atoms with E-state index in [0.29, 0.717) is 6.61 Å². The molecule has 2 rings (SSSR count). The first-order valence-electron chi connectivity index (χ1n) is 7.09. The van der Waals surface area contributed by atoms with E-state index in [-0.39, 0.29) is 6.10 Å². The summed E-state index contributed by atoms with van der Waals surface area (Å²) < 4.78 is 10.3. The van der Waals surface area contributed by atoms with E-state index in [0.717, 1.165) is 17.0 Å². The van der Waals surface area contributed by atoms with Crippen molar-refractivity contribution < 1.29 is 14.3 Å². The Morgan fingerprint density at radius 3 is 2.36 bits per heavy atom. The van der Waals surface area contributed by atoms with Crippen LogP contribution in [0.25, 0.3) is 6.08 Å². The minimum Gasteiger partial charge on any atom is -0.497 e. The third-order valence-corrected chi connectivity index (χ3v) is 3.05. The molecule has 0 saturated carbocycles. The van der Waals surface area contributed by atoms with Crippen molar-refractivity contribution >= 4 is 11.8 Å². The number of rotatable bonds is 8. The van der Waals surface area contributed by atoms with Crippen LogP contribution in [-0.4, -0.2) is 26.9 Å². The lowest BCUT2D eigenvalue weighted by molar-refractivity contribution is 0.0560. The lowest BCUT2D eigenvalue weighted by atomic mass is 10.2. The normalized spacial score (nSPS) is 12.3. The molecule has 0 spiro atoms. The van der Waals surface area contributed by atoms with Gasteiger partial charge in [0.15, 0.2) is 0 Å². The Morgan fingerprint density at radius 1 is 1.00 bits per heavy atom. The van der Waals surface area contributed by atoms with Gasteiger partial charge < -0.3 is 9.47 Å². The summed E-state index contributed by atoms with van der Waals surface area (Å²) >= 11 is 0. The van der Waals surface area contributed by atoms with Gasteiger partial charge in [-0.05, 0) is 29.8 Å². The summed E-state index contributed by atoms with van der Waals surface area (Å²) in [7, 11) is 3.31. The van der Waals surface area contributed by atoms with Crippen molar-refractivity contribution in [2.24, 2.45) is 0 Å². The van der Waals surface area contributed by atoms with E-state index in [1.807, 2.05) is 66.7 Å². The van der Waals surface area contributed by atoms with Crippen LogP contribution in [-0.2, 0) is 9.57 Å². The van der Waals surface area contributed by atoms with E-state index in [1.165, 1.54) is 0 Å². The predicted octanol–water partition coefficient (Wildman–Crippen LogP) is 3.77. The molecular weight excluding hydrogens is 278 g/mol. The fourth-order valence-corrected chi connectivity index (χ4v) is 1.88. The second kappa shape index (κ2) is 8.87. The number of methoxy groups -OCH3 is 2. The van der Waals surface area contributed by atoms with Gasteiger partial charge in [0.05, 0.1) is 19.4 Å². The third-order valence-electron chi connectivity index (χ3n) is 3.05. The van der Waals surface area contributed by atoms with Crippen LogP contribution in [0.15, 0.2) is 60.7 Å². The molecule has 2 aromatic carbocycles. The highest BCUT2D eigenvalue weighted by atomic mass is 16.7. The molecule has 0 fully saturated rings. The largest absolute Gasteiger partial charge is 0.497 e. The molecule has 0 aliphatic carbocycles. The average Bonchev–Trinajstić information content (AvgIpc) is 2.59. The fourth-order valence-electron chi connectivity index (χ4n) is 1.88. The number of anilines is 1. The van der Waals surface area contributed by atoms with Crippen LogP contribution in [0.1, 0.15) is 5.56 Å². The van der Waals surface area contributed by atoms with Crippen molar-refractivity contribution in [2.45, 2.75) is 6.10 Å². The van der Waals surface area contributed by atoms with Gasteiger partial charge in [0.25, 0.3) is 0 Å². The highest BCUT2D eigenvalue weighted by molar-refractivity contribution is 5.51. The van der Waals surface area contributed by atoms with Gasteiger partial charge in [-0.2, -0.15) is 0 Å². The molecule has 2 aromatic rings. The number of hydrogen-bond acceptors (Lipinski definition) is 4. The molecule has 0 radical (unpaired) electrons. The Bertz CT molecular complexity index is 567. The first-order valence-corrected chi connectivity index (χ1v) is 7.09. The molecule has 4 heteroatoms. The van der Waals surface area contributed by atoms with Gasteiger partial charge >= 0.3 is 0 Å². The summed E-state index contributed by atoms with van der Waals surface area (Å²) in [6.07, 6.45) is 3.77. The molecule has 116 valence electrons. The lowest BCUT2D eigenvalue weighted by Crippen LogP contribution is -2.19. The van der Waals surface area contributed by atoms with E-state index in [4.69, 9.17) is 14.3 Å². The Morgan fingerprint density at radius 2 is 1.73 bits per heavy atom. The van der Waals surface area contributed by atoms with Crippen molar-refractivity contribution in [3.8, 4) is 5.75 Å². The van der Waals surface area contributed by atoms with Gasteiger partial charge in [0.1, 0.15) is 11.9 Å². The zero-order valence-corrected chi connectivity index (χ0v) is 12.9. The number of para-hydroxylation sites is 1. The third kappa shape index (κ3) is 5.24. The number of ether oxygens (including phenoxy) is 2. The second-order valence-corrected chi connectivity index (χ2v) is 4.71. The van der Waals surface area contributed by atoms with E-state index in [1.54, 1.807) is 14.2 Å². The lowest BCUT2D eigenvalue weighted by Gasteiger charge is -2.14. The van der Waals surface area contributed by atoms with E-state index < -0.39 is 0 Å². The number of benzene rings is 2. The maximum atomic E-state index is 5.65. The molecule has 22 heavy (non-hydrogen) atoms. The molecule has 0 aliphatic rings. The van der Waals surface area contributed by atoms with Crippen LogP contribution in [0.4, 0.5) is 5.69 Å². The maximum absolute atomic E-state index is 5.65. The van der Waals surface area contributed by atoms with Crippen LogP contribution in [0, 0.1) is 0 Å². The maximum Gasteiger partial charge on any atom is 0.127 e. The fraction of sp³-hybridized carbons (Fsp3) is 0.222. The summed E-state index contributed by atoms with van der Waals surface area (Å²) in [6.45, 7) is 0.465. The van der Waals surface area contributed by atoms with Crippen LogP contribution >= 0.6 is 0 Å². The molecule has 0 aromatic heterocycles. The topological polar surface area (TPSA) is 39.7 Å². The molecular formula is C18H21NO3. The number of hydrogen-bond donors (Lipinski definition) is 1. The van der Waals surface area contributed by atoms with E-state index >= 15 is 0 Å². The molecule has 1 atom stereocenters. The van der Waals surface area contributed by atoms with Crippen LogP contribution in [0.5, 0.6) is 5.75 Å². The summed E-state index contributed by atoms with van der Waals surface area (Å²) in [5.74, 6) is 0.840. The summed E-state index contributed by atoms with van der Waals surface area (Å²) in [5, 5.41) is 0. The highest BCUT2D eigenvalue weighted by Crippen LogP contribution is 2.13. The van der Waals surface area contributed by atoms with Crippen molar-refractivity contribution in [2.75, 3.05) is 26.3 Å². The van der Waals surface area contributed by atoms with Crippen LogP contribution < -0.4 is 10.2 Å². The van der Waals surface area contributed by atoms with Crippen molar-refractivity contribution in [1.82, 2.24) is 0 Å². The molecule has 1 N–H and O–H groups in total. The van der Waals surface area contributed by atoms with Gasteiger partial charge in [-0.1, -0.05) is 42.5 Å². The zero-order chi connectivity index (χ0) is 15.6. The predicted molar refractivity (Wildman–Crippen MR) is 88.8 cm³/mol. The summed E-state index contributed by atoms with van der Waals surface area (Å²) in [4.78, 5) is 5.65. The second-order valence-electron chi connectivity index (χ2n) is 4.71. The van der Waals surface area contributed by atoms with Crippen molar-refractivity contribution in [1.29, 1.82) is 0 Å². The molecule has 0 saturated heterocycles. The Kier molecular flexibility index (Phi) is 6.48. The van der Waals surface area contributed by atoms with Gasteiger partial charge in [0, 0.05) is 7.11 Å². The minimum absolute atomic E-state index is 0.188. The zero-order valence-electron chi connectivity index (χ0n) is 12.9. The highest BCUT2D eigenvalue weighted by Gasteiger charge is 2.05. The van der Waals surface area contributed by atoms with E-state index in [2.05, 4.69) is 5.48 Å². The molecule has 0 bridgehead atoms. The average molecular weight is 299 g/mol. The first-order chi connectivity index (χ1) is 10.8. The Hall–Kier alpha value is -2.30.